The largest absolute Gasteiger partial charge is 0.495 e. The molecule has 0 unspecified atom stereocenters. The van der Waals surface area contributed by atoms with Gasteiger partial charge in [-0.2, -0.15) is 13.2 Å². The van der Waals surface area contributed by atoms with Crippen molar-refractivity contribution >= 4 is 66.5 Å². The fraction of sp³-hybridized carbons (Fsp3) is 0.300. The molecule has 0 bridgehead atoms. The Morgan fingerprint density at radius 3 is 2.38 bits per heavy atom. The Kier molecular flexibility index (Phi) is 8.03. The number of hydrogen-bond acceptors (Lipinski definition) is 6. The molecule has 1 N–H and O–H groups in total. The number of hydrogen-bond donors (Lipinski definition) is 1. The molecule has 1 aliphatic rings. The molecule has 1 aliphatic heterocycles. The van der Waals surface area contributed by atoms with Gasteiger partial charge in [-0.3, -0.25) is 20.2 Å². The number of nitro groups is 1. The van der Waals surface area contributed by atoms with Crippen molar-refractivity contribution in [3.63, 3.8) is 0 Å². The number of methoxy groups -OCH3 is 1. The van der Waals surface area contributed by atoms with Gasteiger partial charge in [0.25, 0.3) is 11.6 Å². The van der Waals surface area contributed by atoms with Crippen LogP contribution in [0.3, 0.4) is 0 Å². The first-order valence-corrected chi connectivity index (χ1v) is 11.7. The van der Waals surface area contributed by atoms with Gasteiger partial charge in [-0.25, -0.2) is 0 Å². The summed E-state index contributed by atoms with van der Waals surface area (Å²) in [6, 6.07) is 5.78. The first kappa shape index (κ1) is 26.2. The van der Waals surface area contributed by atoms with E-state index in [1.54, 1.807) is 21.9 Å². The van der Waals surface area contributed by atoms with E-state index in [0.29, 0.717) is 33.9 Å². The Morgan fingerprint density at radius 1 is 1.18 bits per heavy atom. The van der Waals surface area contributed by atoms with E-state index in [0.717, 1.165) is 12.1 Å². The second kappa shape index (κ2) is 10.4. The van der Waals surface area contributed by atoms with Gasteiger partial charge >= 0.3 is 6.18 Å². The van der Waals surface area contributed by atoms with E-state index < -0.39 is 28.3 Å². The van der Waals surface area contributed by atoms with E-state index in [2.05, 4.69) is 37.2 Å². The quantitative estimate of drug-likeness (QED) is 0.291. The molecule has 14 heteroatoms. The number of alkyl halides is 3. The molecule has 0 atom stereocenters. The Bertz CT molecular complexity index is 1140. The number of thiocarbonyl (C=S) groups is 1. The highest BCUT2D eigenvalue weighted by Gasteiger charge is 2.34. The van der Waals surface area contributed by atoms with Gasteiger partial charge in [0, 0.05) is 36.7 Å². The predicted molar refractivity (Wildman–Crippen MR) is 130 cm³/mol. The average molecular weight is 626 g/mol. The zero-order valence-electron chi connectivity index (χ0n) is 17.5. The monoisotopic (exact) mass is 624 g/mol. The summed E-state index contributed by atoms with van der Waals surface area (Å²) in [5.41, 5.74) is -1.35. The summed E-state index contributed by atoms with van der Waals surface area (Å²) in [4.78, 5) is 26.7. The maximum Gasteiger partial charge on any atom is 0.416 e. The van der Waals surface area contributed by atoms with Crippen molar-refractivity contribution in [3.05, 3.63) is 60.5 Å². The average Bonchev–Trinajstić information content (AvgIpc) is 2.77. The second-order valence-electron chi connectivity index (χ2n) is 7.16. The standard InChI is InChI=1S/C20H17Br2F3N4O4S/c1-33-17-13(9-12(21)10-14(17)22)18(30)26-19(34)28-6-4-27(5-7-28)15-3-2-11(20(23,24)25)8-16(15)29(31)32/h2-3,8-10H,4-7H2,1H3,(H,26,30,34). The minimum Gasteiger partial charge on any atom is -0.495 e. The number of piperazine rings is 1. The van der Waals surface area contributed by atoms with Crippen LogP contribution in [0, 0.1) is 10.1 Å². The zero-order chi connectivity index (χ0) is 25.2. The highest BCUT2D eigenvalue weighted by atomic mass is 79.9. The maximum atomic E-state index is 13.0. The number of rotatable bonds is 4. The van der Waals surface area contributed by atoms with Crippen molar-refractivity contribution in [2.24, 2.45) is 0 Å². The highest BCUT2D eigenvalue weighted by Crippen LogP contribution is 2.37. The van der Waals surface area contributed by atoms with Crippen molar-refractivity contribution < 1.29 is 27.6 Å². The van der Waals surface area contributed by atoms with Crippen LogP contribution in [0.2, 0.25) is 0 Å². The Labute approximate surface area is 214 Å². The molecule has 1 saturated heterocycles. The summed E-state index contributed by atoms with van der Waals surface area (Å²) < 4.78 is 45.4. The first-order chi connectivity index (χ1) is 15.9. The number of halogens is 5. The second-order valence-corrected chi connectivity index (χ2v) is 9.32. The molecule has 8 nitrogen and oxygen atoms in total. The molecule has 0 aromatic heterocycles. The minimum absolute atomic E-state index is 0.0938. The third kappa shape index (κ3) is 5.78. The van der Waals surface area contributed by atoms with Crippen LogP contribution in [0.5, 0.6) is 5.75 Å². The smallest absolute Gasteiger partial charge is 0.416 e. The molecule has 0 aliphatic carbocycles. The fourth-order valence-corrected chi connectivity index (χ4v) is 5.11. The van der Waals surface area contributed by atoms with E-state index in [-0.39, 0.29) is 29.5 Å². The number of ether oxygens (including phenoxy) is 1. The van der Waals surface area contributed by atoms with E-state index in [1.165, 1.54) is 7.11 Å². The number of carbonyl (C=O) groups excluding carboxylic acids is 1. The summed E-state index contributed by atoms with van der Waals surface area (Å²) >= 11 is 12.0. The van der Waals surface area contributed by atoms with Crippen LogP contribution >= 0.6 is 44.1 Å². The molecule has 2 aromatic rings. The van der Waals surface area contributed by atoms with Gasteiger partial charge in [-0.05, 0) is 52.4 Å². The Hall–Kier alpha value is -2.45. The molecule has 2 aromatic carbocycles. The van der Waals surface area contributed by atoms with Gasteiger partial charge in [0.1, 0.15) is 11.4 Å². The van der Waals surface area contributed by atoms with E-state index >= 15 is 0 Å². The lowest BCUT2D eigenvalue weighted by atomic mass is 10.1. The molecular formula is C20H17Br2F3N4O4S. The number of nitrogens with one attached hydrogen (secondary N) is 1. The van der Waals surface area contributed by atoms with E-state index in [1.807, 2.05) is 0 Å². The molecule has 0 saturated carbocycles. The molecule has 182 valence electrons. The lowest BCUT2D eigenvalue weighted by Gasteiger charge is -2.37. The van der Waals surface area contributed by atoms with Crippen molar-refractivity contribution in [2.45, 2.75) is 6.18 Å². The van der Waals surface area contributed by atoms with Crippen LogP contribution in [-0.2, 0) is 6.18 Å². The normalized spacial score (nSPS) is 14.1. The SMILES string of the molecule is COc1c(Br)cc(Br)cc1C(=O)NC(=S)N1CCN(c2ccc(C(F)(F)F)cc2[N+](=O)[O-])CC1. The molecule has 1 fully saturated rings. The van der Waals surface area contributed by atoms with Crippen molar-refractivity contribution in [1.29, 1.82) is 0 Å². The number of benzene rings is 2. The first-order valence-electron chi connectivity index (χ1n) is 9.66. The van der Waals surface area contributed by atoms with E-state index in [4.69, 9.17) is 17.0 Å². The molecule has 34 heavy (non-hydrogen) atoms. The highest BCUT2D eigenvalue weighted by molar-refractivity contribution is 9.11. The number of amides is 1. The van der Waals surface area contributed by atoms with Crippen LogP contribution in [-0.4, -0.2) is 54.1 Å². The van der Waals surface area contributed by atoms with Crippen LogP contribution in [0.1, 0.15) is 15.9 Å². The van der Waals surface area contributed by atoms with E-state index in [9.17, 15) is 28.1 Å². The molecule has 1 heterocycles. The van der Waals surface area contributed by atoms with Gasteiger partial charge in [0.2, 0.25) is 0 Å². The number of anilines is 1. The van der Waals surface area contributed by atoms with Crippen LogP contribution < -0.4 is 15.0 Å². The number of nitro benzene ring substituents is 1. The third-order valence-electron chi connectivity index (χ3n) is 5.08. The van der Waals surface area contributed by atoms with Crippen molar-refractivity contribution in [2.75, 3.05) is 38.2 Å². The molecule has 0 spiro atoms. The van der Waals surface area contributed by atoms with Crippen LogP contribution in [0.4, 0.5) is 24.5 Å². The number of carbonyl (C=O) groups is 1. The molecular weight excluding hydrogens is 609 g/mol. The Morgan fingerprint density at radius 2 is 1.82 bits per heavy atom. The lowest BCUT2D eigenvalue weighted by molar-refractivity contribution is -0.384. The summed E-state index contributed by atoms with van der Waals surface area (Å²) in [7, 11) is 1.43. The fourth-order valence-electron chi connectivity index (χ4n) is 3.44. The summed E-state index contributed by atoms with van der Waals surface area (Å²) in [5, 5.41) is 14.2. The maximum absolute atomic E-state index is 13.0. The molecule has 1 amide bonds. The Balaban J connectivity index is 1.69. The zero-order valence-corrected chi connectivity index (χ0v) is 21.5. The topological polar surface area (TPSA) is 88.0 Å². The molecule has 3 rings (SSSR count). The summed E-state index contributed by atoms with van der Waals surface area (Å²) in [6.45, 7) is 1.12. The van der Waals surface area contributed by atoms with Gasteiger partial charge in [0.05, 0.1) is 27.6 Å². The van der Waals surface area contributed by atoms with Gasteiger partial charge in [0.15, 0.2) is 5.11 Å². The van der Waals surface area contributed by atoms with Gasteiger partial charge in [-0.1, -0.05) is 15.9 Å². The van der Waals surface area contributed by atoms with Crippen LogP contribution in [0.15, 0.2) is 39.3 Å². The predicted octanol–water partition coefficient (Wildman–Crippen LogP) is 4.98. The van der Waals surface area contributed by atoms with Gasteiger partial charge in [-0.15, -0.1) is 0 Å². The van der Waals surface area contributed by atoms with Gasteiger partial charge < -0.3 is 14.5 Å². The van der Waals surface area contributed by atoms with Crippen LogP contribution in [0.25, 0.3) is 0 Å². The summed E-state index contributed by atoms with van der Waals surface area (Å²) in [5.74, 6) is -0.146. The summed E-state index contributed by atoms with van der Waals surface area (Å²) in [6.07, 6.45) is -4.68. The van der Waals surface area contributed by atoms with Crippen molar-refractivity contribution in [3.8, 4) is 5.75 Å². The minimum atomic E-state index is -4.68. The lowest BCUT2D eigenvalue weighted by Crippen LogP contribution is -2.52. The molecule has 0 radical (unpaired) electrons. The van der Waals surface area contributed by atoms with Crippen molar-refractivity contribution in [1.82, 2.24) is 10.2 Å². The third-order valence-corrected chi connectivity index (χ3v) is 6.49. The number of nitrogens with zero attached hydrogens (tertiary/aromatic N) is 3.